The minimum Gasteiger partial charge on any atom is -0.472 e. The summed E-state index contributed by atoms with van der Waals surface area (Å²) in [6.45, 7) is 4.34. The monoisotopic (exact) mass is 410 g/mol. The number of amides is 1. The third-order valence-corrected chi connectivity index (χ3v) is 5.76. The molecule has 0 bridgehead atoms. The molecule has 0 unspecified atom stereocenters. The van der Waals surface area contributed by atoms with Crippen molar-refractivity contribution in [3.63, 3.8) is 0 Å². The lowest BCUT2D eigenvalue weighted by molar-refractivity contribution is -0.121. The summed E-state index contributed by atoms with van der Waals surface area (Å²) >= 11 is 1.82. The Kier molecular flexibility index (Phi) is 7.48. The van der Waals surface area contributed by atoms with E-state index in [2.05, 4.69) is 41.3 Å². The number of hydrogen-bond acceptors (Lipinski definition) is 6. The van der Waals surface area contributed by atoms with E-state index in [9.17, 15) is 4.79 Å². The number of thioether (sulfide) groups is 1. The van der Waals surface area contributed by atoms with Gasteiger partial charge in [0.05, 0.1) is 6.42 Å². The molecule has 1 aliphatic rings. The number of nitrogens with one attached hydrogen (secondary N) is 1. The second kappa shape index (κ2) is 10.3. The molecular weight excluding hydrogens is 384 g/mol. The Morgan fingerprint density at radius 3 is 2.55 bits per heavy atom. The molecular formula is C22H26N4O2S. The molecule has 1 heterocycles. The lowest BCUT2D eigenvalue weighted by Crippen LogP contribution is -2.40. The van der Waals surface area contributed by atoms with Crippen LogP contribution >= 0.6 is 11.8 Å². The van der Waals surface area contributed by atoms with Crippen LogP contribution in [0.25, 0.3) is 0 Å². The number of ether oxygens (including phenoxy) is 1. The van der Waals surface area contributed by atoms with Gasteiger partial charge in [-0.2, -0.15) is 5.26 Å². The fraction of sp³-hybridized carbons (Fsp3) is 0.455. The summed E-state index contributed by atoms with van der Waals surface area (Å²) in [6, 6.07) is 10.4. The maximum Gasteiger partial charge on any atom is 0.251 e. The molecule has 7 heteroatoms. The van der Waals surface area contributed by atoms with Gasteiger partial charge in [0.15, 0.2) is 0 Å². The number of carbonyl (C=O) groups is 1. The maximum atomic E-state index is 12.4. The summed E-state index contributed by atoms with van der Waals surface area (Å²) in [5.74, 6) is 0.348. The normalized spacial score (nSPS) is 18.8. The third-order valence-electron chi connectivity index (χ3n) is 4.75. The lowest BCUT2D eigenvalue weighted by Gasteiger charge is -2.29. The Bertz CT molecular complexity index is 856. The van der Waals surface area contributed by atoms with Crippen LogP contribution in [0.1, 0.15) is 50.8 Å². The van der Waals surface area contributed by atoms with Crippen LogP contribution in [0.4, 0.5) is 0 Å². The second-order valence-electron chi connectivity index (χ2n) is 7.47. The standard InChI is InChI=1S/C22H26N4O2S/c1-15(2)29-19-9-3-16(4-10-19)13-21(27)26-17-5-7-18(8-6-17)28-22-20(14-23)24-11-12-25-22/h3-4,9-12,15,17-18H,5-8,13H2,1-2H3,(H,26,27). The van der Waals surface area contributed by atoms with Gasteiger partial charge >= 0.3 is 0 Å². The van der Waals surface area contributed by atoms with Gasteiger partial charge in [0.25, 0.3) is 5.88 Å². The molecule has 1 amide bonds. The molecule has 152 valence electrons. The van der Waals surface area contributed by atoms with Crippen molar-refractivity contribution in [3.05, 3.63) is 47.9 Å². The number of nitrogens with zero attached hydrogens (tertiary/aromatic N) is 3. The van der Waals surface area contributed by atoms with E-state index in [1.54, 1.807) is 0 Å². The van der Waals surface area contributed by atoms with Crippen molar-refractivity contribution in [1.29, 1.82) is 5.26 Å². The number of rotatable bonds is 7. The van der Waals surface area contributed by atoms with Crippen LogP contribution in [0.2, 0.25) is 0 Å². The van der Waals surface area contributed by atoms with Gasteiger partial charge in [-0.25, -0.2) is 9.97 Å². The summed E-state index contributed by atoms with van der Waals surface area (Å²) < 4.78 is 5.85. The average Bonchev–Trinajstić information content (AvgIpc) is 2.71. The SMILES string of the molecule is CC(C)Sc1ccc(CC(=O)NC2CCC(Oc3nccnc3C#N)CC2)cc1. The number of benzene rings is 1. The Labute approximate surface area is 176 Å². The number of hydrogen-bond donors (Lipinski definition) is 1. The van der Waals surface area contributed by atoms with Crippen molar-refractivity contribution in [2.24, 2.45) is 0 Å². The minimum atomic E-state index is -0.00189. The molecule has 3 rings (SSSR count). The average molecular weight is 411 g/mol. The summed E-state index contributed by atoms with van der Waals surface area (Å²) in [5.41, 5.74) is 1.24. The fourth-order valence-electron chi connectivity index (χ4n) is 3.39. The molecule has 1 aromatic heterocycles. The van der Waals surface area contributed by atoms with Crippen molar-refractivity contribution in [3.8, 4) is 11.9 Å². The van der Waals surface area contributed by atoms with E-state index in [1.807, 2.05) is 30.0 Å². The van der Waals surface area contributed by atoms with E-state index in [0.717, 1.165) is 31.2 Å². The van der Waals surface area contributed by atoms with Crippen molar-refractivity contribution >= 4 is 17.7 Å². The van der Waals surface area contributed by atoms with Gasteiger partial charge in [0, 0.05) is 28.6 Å². The predicted molar refractivity (Wildman–Crippen MR) is 113 cm³/mol. The number of carbonyl (C=O) groups excluding carboxylic acids is 1. The van der Waals surface area contributed by atoms with Crippen LogP contribution in [0.15, 0.2) is 41.6 Å². The highest BCUT2D eigenvalue weighted by atomic mass is 32.2. The number of nitriles is 1. The van der Waals surface area contributed by atoms with E-state index < -0.39 is 0 Å². The first kappa shape index (κ1) is 21.1. The van der Waals surface area contributed by atoms with Crippen LogP contribution < -0.4 is 10.1 Å². The van der Waals surface area contributed by atoms with E-state index in [1.165, 1.54) is 17.3 Å². The molecule has 1 aromatic carbocycles. The molecule has 1 aliphatic carbocycles. The van der Waals surface area contributed by atoms with E-state index >= 15 is 0 Å². The van der Waals surface area contributed by atoms with Crippen molar-refractivity contribution in [1.82, 2.24) is 15.3 Å². The van der Waals surface area contributed by atoms with Crippen molar-refractivity contribution < 1.29 is 9.53 Å². The molecule has 0 aliphatic heterocycles. The van der Waals surface area contributed by atoms with E-state index in [-0.39, 0.29) is 23.7 Å². The van der Waals surface area contributed by atoms with E-state index in [0.29, 0.717) is 17.6 Å². The van der Waals surface area contributed by atoms with Gasteiger partial charge in [-0.1, -0.05) is 26.0 Å². The van der Waals surface area contributed by atoms with Gasteiger partial charge in [0.2, 0.25) is 11.6 Å². The third kappa shape index (κ3) is 6.47. The minimum absolute atomic E-state index is 0.00189. The highest BCUT2D eigenvalue weighted by Gasteiger charge is 2.24. The first-order chi connectivity index (χ1) is 14.0. The number of aromatic nitrogens is 2. The zero-order valence-corrected chi connectivity index (χ0v) is 17.6. The Morgan fingerprint density at radius 2 is 1.90 bits per heavy atom. The Morgan fingerprint density at radius 1 is 1.21 bits per heavy atom. The summed E-state index contributed by atoms with van der Waals surface area (Å²) in [6.07, 6.45) is 6.73. The van der Waals surface area contributed by atoms with Crippen LogP contribution in [-0.4, -0.2) is 33.3 Å². The van der Waals surface area contributed by atoms with Gasteiger partial charge in [0.1, 0.15) is 12.2 Å². The molecule has 1 saturated carbocycles. The lowest BCUT2D eigenvalue weighted by atomic mass is 9.92. The zero-order valence-electron chi connectivity index (χ0n) is 16.8. The summed E-state index contributed by atoms with van der Waals surface area (Å²) in [4.78, 5) is 21.7. The highest BCUT2D eigenvalue weighted by molar-refractivity contribution is 7.99. The predicted octanol–water partition coefficient (Wildman–Crippen LogP) is 3.90. The summed E-state index contributed by atoms with van der Waals surface area (Å²) in [7, 11) is 0. The highest BCUT2D eigenvalue weighted by Crippen LogP contribution is 2.25. The first-order valence-electron chi connectivity index (χ1n) is 9.96. The molecule has 1 N–H and O–H groups in total. The Balaban J connectivity index is 1.43. The van der Waals surface area contributed by atoms with Crippen LogP contribution in [-0.2, 0) is 11.2 Å². The van der Waals surface area contributed by atoms with Gasteiger partial charge < -0.3 is 10.1 Å². The zero-order chi connectivity index (χ0) is 20.6. The smallest absolute Gasteiger partial charge is 0.251 e. The van der Waals surface area contributed by atoms with Crippen molar-refractivity contribution in [2.75, 3.05) is 0 Å². The maximum absolute atomic E-state index is 12.4. The van der Waals surface area contributed by atoms with Crippen LogP contribution in [0.3, 0.4) is 0 Å². The topological polar surface area (TPSA) is 87.9 Å². The largest absolute Gasteiger partial charge is 0.472 e. The van der Waals surface area contributed by atoms with Gasteiger partial charge in [-0.05, 0) is 43.4 Å². The molecule has 29 heavy (non-hydrogen) atoms. The van der Waals surface area contributed by atoms with Gasteiger partial charge in [-0.15, -0.1) is 11.8 Å². The Hall–Kier alpha value is -2.59. The fourth-order valence-corrected chi connectivity index (χ4v) is 4.23. The molecule has 0 radical (unpaired) electrons. The van der Waals surface area contributed by atoms with Crippen LogP contribution in [0, 0.1) is 11.3 Å². The van der Waals surface area contributed by atoms with Crippen molar-refractivity contribution in [2.45, 2.75) is 68.2 Å². The molecule has 0 spiro atoms. The second-order valence-corrected chi connectivity index (χ2v) is 9.12. The first-order valence-corrected chi connectivity index (χ1v) is 10.8. The molecule has 1 fully saturated rings. The molecule has 6 nitrogen and oxygen atoms in total. The van der Waals surface area contributed by atoms with Gasteiger partial charge in [-0.3, -0.25) is 4.79 Å². The molecule has 2 aromatic rings. The van der Waals surface area contributed by atoms with Crippen LogP contribution in [0.5, 0.6) is 5.88 Å². The molecule has 0 atom stereocenters. The summed E-state index contributed by atoms with van der Waals surface area (Å²) in [5, 5.41) is 12.8. The molecule has 0 saturated heterocycles. The van der Waals surface area contributed by atoms with E-state index in [4.69, 9.17) is 10.00 Å². The quantitative estimate of drug-likeness (QED) is 0.697.